The molecule has 2 amide bonds. The number of anilines is 1. The van der Waals surface area contributed by atoms with Crippen LogP contribution < -0.4 is 16.0 Å². The zero-order chi connectivity index (χ0) is 14.8. The van der Waals surface area contributed by atoms with Crippen molar-refractivity contribution in [1.82, 2.24) is 10.6 Å². The van der Waals surface area contributed by atoms with Gasteiger partial charge in [0, 0.05) is 23.8 Å². The molecule has 1 aromatic carbocycles. The highest BCUT2D eigenvalue weighted by Gasteiger charge is 2.29. The number of hydrogen-bond acceptors (Lipinski definition) is 3. The van der Waals surface area contributed by atoms with Gasteiger partial charge < -0.3 is 16.0 Å². The molecule has 1 aliphatic carbocycles. The molecule has 2 aliphatic rings. The van der Waals surface area contributed by atoms with Gasteiger partial charge in [0.1, 0.15) is 0 Å². The van der Waals surface area contributed by atoms with Crippen molar-refractivity contribution < 1.29 is 9.59 Å². The van der Waals surface area contributed by atoms with E-state index < -0.39 is 0 Å². The molecule has 5 heteroatoms. The fraction of sp³-hybridized carbons (Fsp3) is 0.500. The van der Waals surface area contributed by atoms with Crippen LogP contribution in [0.4, 0.5) is 5.69 Å². The molecular weight excluding hydrogens is 266 g/mol. The maximum atomic E-state index is 12.2. The highest BCUT2D eigenvalue weighted by Crippen LogP contribution is 2.21. The van der Waals surface area contributed by atoms with Gasteiger partial charge in [0.2, 0.25) is 5.91 Å². The molecule has 1 saturated carbocycles. The highest BCUT2D eigenvalue weighted by molar-refractivity contribution is 5.96. The van der Waals surface area contributed by atoms with Gasteiger partial charge in [-0.3, -0.25) is 9.59 Å². The molecule has 5 nitrogen and oxygen atoms in total. The Kier molecular flexibility index (Phi) is 3.92. The standard InChI is InChI=1S/C16H21N3O2/c1-10-8-17-9-14(10)16(21)19-12-4-2-11(3-5-12)15(20)18-13-6-7-13/h2-5,10,13-14,17H,6-9H2,1H3,(H,18,20)(H,19,21)/t10-,14-/m1/s1. The third-order valence-corrected chi connectivity index (χ3v) is 4.18. The van der Waals surface area contributed by atoms with Crippen molar-refractivity contribution in [3.05, 3.63) is 29.8 Å². The molecule has 0 bridgehead atoms. The van der Waals surface area contributed by atoms with Crippen LogP contribution in [-0.4, -0.2) is 30.9 Å². The van der Waals surface area contributed by atoms with Gasteiger partial charge in [0.25, 0.3) is 5.91 Å². The largest absolute Gasteiger partial charge is 0.349 e. The van der Waals surface area contributed by atoms with Crippen LogP contribution in [0.2, 0.25) is 0 Å². The van der Waals surface area contributed by atoms with Crippen LogP contribution in [0.15, 0.2) is 24.3 Å². The number of rotatable bonds is 4. The average Bonchev–Trinajstić information content (AvgIpc) is 3.18. The maximum absolute atomic E-state index is 12.2. The number of carbonyl (C=O) groups excluding carboxylic acids is 2. The van der Waals surface area contributed by atoms with E-state index in [2.05, 4.69) is 22.9 Å². The third kappa shape index (κ3) is 3.42. The van der Waals surface area contributed by atoms with E-state index in [1.165, 1.54) is 0 Å². The minimum absolute atomic E-state index is 0.0165. The summed E-state index contributed by atoms with van der Waals surface area (Å²) in [5.41, 5.74) is 1.37. The summed E-state index contributed by atoms with van der Waals surface area (Å²) >= 11 is 0. The van der Waals surface area contributed by atoms with Crippen molar-refractivity contribution in [2.45, 2.75) is 25.8 Å². The van der Waals surface area contributed by atoms with Crippen molar-refractivity contribution in [3.63, 3.8) is 0 Å². The molecule has 0 spiro atoms. The molecule has 0 aromatic heterocycles. The van der Waals surface area contributed by atoms with Gasteiger partial charge in [0.05, 0.1) is 5.92 Å². The first-order valence-electron chi connectivity index (χ1n) is 7.56. The number of nitrogens with one attached hydrogen (secondary N) is 3. The molecule has 2 atom stereocenters. The first kappa shape index (κ1) is 14.1. The summed E-state index contributed by atoms with van der Waals surface area (Å²) in [6, 6.07) is 7.43. The number of hydrogen-bond donors (Lipinski definition) is 3. The second-order valence-corrected chi connectivity index (χ2v) is 6.06. The minimum atomic E-state index is -0.0380. The molecule has 3 rings (SSSR count). The number of benzene rings is 1. The van der Waals surface area contributed by atoms with Crippen LogP contribution in [0.3, 0.4) is 0 Å². The third-order valence-electron chi connectivity index (χ3n) is 4.18. The van der Waals surface area contributed by atoms with E-state index in [-0.39, 0.29) is 17.7 Å². The Morgan fingerprint density at radius 1 is 1.14 bits per heavy atom. The van der Waals surface area contributed by atoms with E-state index in [4.69, 9.17) is 0 Å². The van der Waals surface area contributed by atoms with Crippen LogP contribution in [0.25, 0.3) is 0 Å². The fourth-order valence-electron chi connectivity index (χ4n) is 2.60. The SMILES string of the molecule is C[C@@H]1CNC[C@H]1C(=O)Nc1ccc(C(=O)NC2CC2)cc1. The minimum Gasteiger partial charge on any atom is -0.349 e. The van der Waals surface area contributed by atoms with E-state index in [0.29, 0.717) is 17.5 Å². The monoisotopic (exact) mass is 287 g/mol. The zero-order valence-electron chi connectivity index (χ0n) is 12.2. The first-order chi connectivity index (χ1) is 10.1. The summed E-state index contributed by atoms with van der Waals surface area (Å²) in [7, 11) is 0. The van der Waals surface area contributed by atoms with Crippen molar-refractivity contribution in [2.24, 2.45) is 11.8 Å². The summed E-state index contributed by atoms with van der Waals surface area (Å²) in [5.74, 6) is 0.378. The van der Waals surface area contributed by atoms with Crippen molar-refractivity contribution in [2.75, 3.05) is 18.4 Å². The highest BCUT2D eigenvalue weighted by atomic mass is 16.2. The normalized spacial score (nSPS) is 24.6. The quantitative estimate of drug-likeness (QED) is 0.783. The molecule has 112 valence electrons. The zero-order valence-corrected chi connectivity index (χ0v) is 12.2. The van der Waals surface area contributed by atoms with Gasteiger partial charge in [-0.25, -0.2) is 0 Å². The van der Waals surface area contributed by atoms with E-state index in [1.807, 2.05) is 0 Å². The molecule has 2 fully saturated rings. The second-order valence-electron chi connectivity index (χ2n) is 6.06. The lowest BCUT2D eigenvalue weighted by Crippen LogP contribution is -2.28. The van der Waals surface area contributed by atoms with E-state index in [9.17, 15) is 9.59 Å². The van der Waals surface area contributed by atoms with E-state index in [1.54, 1.807) is 24.3 Å². The van der Waals surface area contributed by atoms with E-state index in [0.717, 1.165) is 31.6 Å². The summed E-state index contributed by atoms with van der Waals surface area (Å²) in [6.45, 7) is 3.70. The van der Waals surface area contributed by atoms with Crippen LogP contribution in [0, 0.1) is 11.8 Å². The maximum Gasteiger partial charge on any atom is 0.251 e. The second kappa shape index (κ2) is 5.85. The predicted octanol–water partition coefficient (Wildman–Crippen LogP) is 1.37. The molecule has 0 unspecified atom stereocenters. The van der Waals surface area contributed by atoms with Gasteiger partial charge in [-0.2, -0.15) is 0 Å². The molecule has 1 aromatic rings. The first-order valence-corrected chi connectivity index (χ1v) is 7.56. The number of carbonyl (C=O) groups is 2. The smallest absolute Gasteiger partial charge is 0.251 e. The molecule has 0 radical (unpaired) electrons. The molecule has 21 heavy (non-hydrogen) atoms. The van der Waals surface area contributed by atoms with Crippen LogP contribution >= 0.6 is 0 Å². The number of amides is 2. The van der Waals surface area contributed by atoms with Gasteiger partial charge in [0.15, 0.2) is 0 Å². The Morgan fingerprint density at radius 3 is 2.43 bits per heavy atom. The summed E-state index contributed by atoms with van der Waals surface area (Å²) < 4.78 is 0. The van der Waals surface area contributed by atoms with Crippen molar-refractivity contribution >= 4 is 17.5 Å². The summed E-state index contributed by atoms with van der Waals surface area (Å²) in [4.78, 5) is 24.0. The fourth-order valence-corrected chi connectivity index (χ4v) is 2.60. The average molecular weight is 287 g/mol. The molecule has 3 N–H and O–H groups in total. The summed E-state index contributed by atoms with van der Waals surface area (Å²) in [5, 5.41) is 9.09. The predicted molar refractivity (Wildman–Crippen MR) is 81.1 cm³/mol. The lowest BCUT2D eigenvalue weighted by Gasteiger charge is -2.14. The Labute approximate surface area is 124 Å². The van der Waals surface area contributed by atoms with Crippen LogP contribution in [0.1, 0.15) is 30.1 Å². The van der Waals surface area contributed by atoms with Crippen LogP contribution in [-0.2, 0) is 4.79 Å². The van der Waals surface area contributed by atoms with Gasteiger partial charge >= 0.3 is 0 Å². The van der Waals surface area contributed by atoms with Gasteiger partial charge in [-0.15, -0.1) is 0 Å². The van der Waals surface area contributed by atoms with Gasteiger partial charge in [-0.05, 0) is 49.6 Å². The topological polar surface area (TPSA) is 70.2 Å². The molecule has 1 saturated heterocycles. The van der Waals surface area contributed by atoms with E-state index >= 15 is 0 Å². The lowest BCUT2D eigenvalue weighted by molar-refractivity contribution is -0.120. The van der Waals surface area contributed by atoms with Crippen LogP contribution in [0.5, 0.6) is 0 Å². The van der Waals surface area contributed by atoms with Crippen molar-refractivity contribution in [1.29, 1.82) is 0 Å². The summed E-state index contributed by atoms with van der Waals surface area (Å²) in [6.07, 6.45) is 2.15. The molecule has 1 heterocycles. The Hall–Kier alpha value is -1.88. The van der Waals surface area contributed by atoms with Crippen molar-refractivity contribution in [3.8, 4) is 0 Å². The Morgan fingerprint density at radius 2 is 1.86 bits per heavy atom. The molecule has 1 aliphatic heterocycles. The Bertz CT molecular complexity index is 537. The molecular formula is C16H21N3O2. The van der Waals surface area contributed by atoms with Gasteiger partial charge in [-0.1, -0.05) is 6.92 Å². The Balaban J connectivity index is 1.58. The lowest BCUT2D eigenvalue weighted by atomic mass is 9.97.